The second-order valence-corrected chi connectivity index (χ2v) is 25.1. The molecule has 0 spiro atoms. The fourth-order valence-electron chi connectivity index (χ4n) is 11.9. The zero-order chi connectivity index (χ0) is 64.0. The Bertz CT molecular complexity index is 3880. The van der Waals surface area contributed by atoms with Crippen molar-refractivity contribution >= 4 is 116 Å². The summed E-state index contributed by atoms with van der Waals surface area (Å²) in [5.74, 6) is -2.28. The molecule has 4 saturated heterocycles. The number of aryl methyl sites for hydroxylation is 2. The lowest BCUT2D eigenvalue weighted by Crippen LogP contribution is -2.53. The minimum Gasteiger partial charge on any atom is -0.481 e. The number of hydrogen-bond acceptors (Lipinski definition) is 18. The maximum atomic E-state index is 14.0. The summed E-state index contributed by atoms with van der Waals surface area (Å²) in [7, 11) is 1.34. The lowest BCUT2D eigenvalue weighted by atomic mass is 9.95. The van der Waals surface area contributed by atoms with E-state index in [1.807, 2.05) is 69.1 Å². The topological polar surface area (TPSA) is 255 Å². The van der Waals surface area contributed by atoms with Crippen molar-refractivity contribution in [3.63, 3.8) is 0 Å². The molecule has 12 rings (SSSR count). The molecule has 6 aliphatic heterocycles. The standard InChI is InChI=1S/C32H32ClFN6O5S.C31H30Cl2N6O5S/c1-2-45-31(43)27-25(36-29(30-35-11-14-46-30)37-28(27)23-9-6-20(34)15-24(23)33)18-38-12-13-39-22(16-38)17-40(32(39)44)21-7-3-19(4-8-21)5-10-26(41)42;1-44-30(42)26-24(35-28(29-34-10-13-45-29)36-27(26)22-8-5-19(32)14-23(22)33)17-37-11-12-38-21(15-37)16-39(31(38)43)20-6-2-18(3-7-20)4-9-25(40)41/h3-4,6-9,11,14-15,22,28H,2,5,10,12-13,16-18H2,1H3,(H,36,37)(H,41,42);2-3,5-8,10,13-14,21,27H,4,9,11-12,15-17H2,1H3,(H,35,36)(H,40,41)/t22-,28-;21-,27-/m00/s1. The maximum absolute atomic E-state index is 14.0. The van der Waals surface area contributed by atoms with Gasteiger partial charge in [0.2, 0.25) is 0 Å². The van der Waals surface area contributed by atoms with Gasteiger partial charge in [0.15, 0.2) is 21.7 Å². The van der Waals surface area contributed by atoms with Crippen molar-refractivity contribution in [3.05, 3.63) is 184 Å². The second-order valence-electron chi connectivity index (χ2n) is 22.1. The monoisotopic (exact) mass is 1330 g/mol. The SMILES string of the molecule is CCOC(=O)C1=C(CN2CCN3C(=O)N(c4ccc(CCC(=O)O)cc4)C[C@@H]3C2)NC(c2nccs2)=N[C@H]1c1ccc(F)cc1Cl.COC(=O)C1=C(CN2CCN3C(=O)N(c4ccc(CCC(=O)O)cc4)C[C@@H]3C2)NC(c2nccs2)=N[C@H]1c1ccc(Cl)cc1Cl. The number of ether oxygens (including phenoxy) is 2. The van der Waals surface area contributed by atoms with Gasteiger partial charge >= 0.3 is 35.9 Å². The summed E-state index contributed by atoms with van der Waals surface area (Å²) in [5.41, 5.74) is 6.26. The highest BCUT2D eigenvalue weighted by molar-refractivity contribution is 7.12. The van der Waals surface area contributed by atoms with Gasteiger partial charge in [-0.15, -0.1) is 22.7 Å². The number of hydrogen-bond donors (Lipinski definition) is 4. The van der Waals surface area contributed by atoms with E-state index in [9.17, 15) is 33.2 Å². The fourth-order valence-corrected chi connectivity index (χ4v) is 13.9. The Morgan fingerprint density at radius 1 is 0.626 bits per heavy atom. The van der Waals surface area contributed by atoms with E-state index in [4.69, 9.17) is 64.5 Å². The highest BCUT2D eigenvalue weighted by Gasteiger charge is 2.45. The van der Waals surface area contributed by atoms with Crippen LogP contribution in [-0.2, 0) is 41.5 Å². The highest BCUT2D eigenvalue weighted by Crippen LogP contribution is 2.40. The first-order valence-corrected chi connectivity index (χ1v) is 32.2. The van der Waals surface area contributed by atoms with Crippen LogP contribution in [0.4, 0.5) is 25.4 Å². The molecule has 4 aromatic carbocycles. The smallest absolute Gasteiger partial charge is 0.338 e. The number of piperazine rings is 2. The van der Waals surface area contributed by atoms with E-state index in [2.05, 4.69) is 30.4 Å². The van der Waals surface area contributed by atoms with Crippen molar-refractivity contribution < 1.29 is 52.8 Å². The number of urea groups is 2. The Labute approximate surface area is 545 Å². The van der Waals surface area contributed by atoms with Gasteiger partial charge < -0.3 is 40.1 Å². The lowest BCUT2D eigenvalue weighted by Gasteiger charge is -2.38. The fraction of sp³-hybridized carbons (Fsp3) is 0.333. The van der Waals surface area contributed by atoms with E-state index < -0.39 is 41.8 Å². The number of nitrogens with zero attached hydrogens (tertiary/aromatic N) is 10. The van der Waals surface area contributed by atoms with Crippen LogP contribution in [0, 0.1) is 5.82 Å². The molecular formula is C63H62Cl3FN12O10S2. The lowest BCUT2D eigenvalue weighted by molar-refractivity contribution is -0.139. The minimum absolute atomic E-state index is 0.0473. The van der Waals surface area contributed by atoms with Gasteiger partial charge in [-0.1, -0.05) is 71.2 Å². The van der Waals surface area contributed by atoms with Gasteiger partial charge in [-0.3, -0.25) is 39.2 Å². The van der Waals surface area contributed by atoms with Gasteiger partial charge in [0, 0.05) is 150 Å². The van der Waals surface area contributed by atoms with Crippen molar-refractivity contribution in [3.8, 4) is 0 Å². The maximum Gasteiger partial charge on any atom is 0.338 e. The van der Waals surface area contributed by atoms with Gasteiger partial charge in [-0.25, -0.2) is 33.5 Å². The molecule has 8 heterocycles. The highest BCUT2D eigenvalue weighted by atomic mass is 35.5. The van der Waals surface area contributed by atoms with Gasteiger partial charge in [-0.05, 0) is 79.4 Å². The van der Waals surface area contributed by atoms with Crippen molar-refractivity contribution in [1.29, 1.82) is 0 Å². The Morgan fingerprint density at radius 2 is 1.09 bits per heavy atom. The van der Waals surface area contributed by atoms with Crippen LogP contribution in [0.2, 0.25) is 15.1 Å². The van der Waals surface area contributed by atoms with E-state index in [-0.39, 0.29) is 54.2 Å². The summed E-state index contributed by atoms with van der Waals surface area (Å²) < 4.78 is 24.7. The number of carbonyl (C=O) groups excluding carboxylic acids is 4. The van der Waals surface area contributed by atoms with Crippen molar-refractivity contribution in [2.75, 3.05) is 89.0 Å². The molecular weight excluding hydrogens is 1270 g/mol. The Kier molecular flexibility index (Phi) is 20.1. The number of aromatic nitrogens is 2. The predicted molar refractivity (Wildman–Crippen MR) is 344 cm³/mol. The molecule has 28 heteroatoms. The average Bonchev–Trinajstić information content (AvgIpc) is 1.69. The van der Waals surface area contributed by atoms with Crippen LogP contribution >= 0.6 is 57.5 Å². The number of carbonyl (C=O) groups is 6. The summed E-state index contributed by atoms with van der Waals surface area (Å²) in [4.78, 5) is 106. The van der Waals surface area contributed by atoms with E-state index >= 15 is 0 Å². The Morgan fingerprint density at radius 3 is 1.51 bits per heavy atom. The molecule has 0 unspecified atom stereocenters. The number of methoxy groups -OCH3 is 1. The number of fused-ring (bicyclic) bond motifs is 2. The van der Waals surface area contributed by atoms with Gasteiger partial charge in [0.05, 0.1) is 36.9 Å². The average molecular weight is 1340 g/mol. The summed E-state index contributed by atoms with van der Waals surface area (Å²) in [6.07, 6.45) is 4.32. The quantitative estimate of drug-likeness (QED) is 0.0552. The van der Waals surface area contributed by atoms with Crippen LogP contribution in [0.3, 0.4) is 0 Å². The zero-order valence-corrected chi connectivity index (χ0v) is 53.2. The number of amidine groups is 2. The molecule has 6 aliphatic rings. The van der Waals surface area contributed by atoms with E-state index in [0.717, 1.165) is 22.5 Å². The molecule has 4 atom stereocenters. The third kappa shape index (κ3) is 14.6. The van der Waals surface area contributed by atoms with Crippen molar-refractivity contribution in [2.45, 2.75) is 56.8 Å². The Hall–Kier alpha value is -8.30. The molecule has 0 bridgehead atoms. The molecule has 4 amide bonds. The first-order valence-electron chi connectivity index (χ1n) is 29.3. The molecule has 0 saturated carbocycles. The summed E-state index contributed by atoms with van der Waals surface area (Å²) in [6.45, 7) is 6.94. The molecule has 6 aromatic rings. The number of benzene rings is 4. The number of anilines is 2. The molecule has 2 aromatic heterocycles. The third-order valence-electron chi connectivity index (χ3n) is 16.3. The number of rotatable bonds is 19. The van der Waals surface area contributed by atoms with Crippen LogP contribution < -0.4 is 20.4 Å². The number of amides is 4. The molecule has 0 aliphatic carbocycles. The van der Waals surface area contributed by atoms with Crippen LogP contribution in [0.5, 0.6) is 0 Å². The number of aliphatic imine (C=N–C) groups is 2. The minimum atomic E-state index is -0.856. The summed E-state index contributed by atoms with van der Waals surface area (Å²) in [6, 6.07) is 22.1. The van der Waals surface area contributed by atoms with Gasteiger partial charge in [0.1, 0.15) is 17.9 Å². The number of nitrogens with one attached hydrogen (secondary N) is 2. The van der Waals surface area contributed by atoms with Gasteiger partial charge in [-0.2, -0.15) is 0 Å². The van der Waals surface area contributed by atoms with E-state index in [1.54, 1.807) is 47.3 Å². The summed E-state index contributed by atoms with van der Waals surface area (Å²) >= 11 is 22.1. The third-order valence-corrected chi connectivity index (χ3v) is 18.8. The molecule has 0 radical (unpaired) electrons. The number of halogens is 4. The summed E-state index contributed by atoms with van der Waals surface area (Å²) in [5, 5.41) is 30.6. The number of aliphatic carboxylic acids is 2. The van der Waals surface area contributed by atoms with E-state index in [0.29, 0.717) is 138 Å². The molecule has 91 heavy (non-hydrogen) atoms. The predicted octanol–water partition coefficient (Wildman–Crippen LogP) is 9.10. The van der Waals surface area contributed by atoms with Crippen molar-refractivity contribution in [2.24, 2.45) is 9.98 Å². The van der Waals surface area contributed by atoms with Crippen molar-refractivity contribution in [1.82, 2.24) is 40.2 Å². The second kappa shape index (κ2) is 28.5. The van der Waals surface area contributed by atoms with E-state index in [1.165, 1.54) is 48.0 Å². The van der Waals surface area contributed by atoms with Crippen LogP contribution in [0.1, 0.15) is 64.1 Å². The number of esters is 2. The number of carboxylic acid groups (broad SMARTS) is 2. The first-order chi connectivity index (χ1) is 43.9. The van der Waals surface area contributed by atoms with Crippen LogP contribution in [0.15, 0.2) is 141 Å². The molecule has 4 N–H and O–H groups in total. The molecule has 474 valence electrons. The van der Waals surface area contributed by atoms with Crippen LogP contribution in [-0.4, -0.2) is 179 Å². The van der Waals surface area contributed by atoms with Crippen LogP contribution in [0.25, 0.3) is 0 Å². The zero-order valence-electron chi connectivity index (χ0n) is 49.3. The largest absolute Gasteiger partial charge is 0.481 e. The number of carboxylic acids is 2. The Balaban J connectivity index is 0.000000187. The van der Waals surface area contributed by atoms with Gasteiger partial charge in [0.25, 0.3) is 0 Å². The molecule has 4 fully saturated rings. The normalized spacial score (nSPS) is 20.1. The first kappa shape index (κ1) is 64.2. The molecule has 22 nitrogen and oxygen atoms in total. The number of thiazole rings is 2.